The Labute approximate surface area is 389 Å². The van der Waals surface area contributed by atoms with Gasteiger partial charge in [-0.25, -0.2) is 4.58 Å². The van der Waals surface area contributed by atoms with E-state index < -0.39 is 5.97 Å². The van der Waals surface area contributed by atoms with E-state index in [2.05, 4.69) is 141 Å². The fraction of sp³-hybridized carbons (Fsp3) is 0.354. The van der Waals surface area contributed by atoms with Gasteiger partial charge in [-0.2, -0.15) is 0 Å². The fourth-order valence-corrected chi connectivity index (χ4v) is 9.19. The van der Waals surface area contributed by atoms with Gasteiger partial charge in [0.1, 0.15) is 6.42 Å². The normalized spacial score (nSPS) is 16.2. The van der Waals surface area contributed by atoms with Gasteiger partial charge in [-0.05, 0) is 43.4 Å². The van der Waals surface area contributed by atoms with Gasteiger partial charge in [0.25, 0.3) is 0 Å². The van der Waals surface area contributed by atoms with Crippen LogP contribution >= 0.6 is 0 Å². The standard InChI is InChI=1S/C48H55N4O3.2Y/c1-7-47(8-2)41(51(28-26-43(53)50-32-49)39-24-20-35-30-33(5)18-22-37(35)45(39)47)16-14-12-11-13-15-17-42-48(9-3,10-4)46-38-23-19-34(6)31-36(38)21-25-40(46)52(42)29-27-44(54)55;;/h11-21,24-25,30-31H,7-10,26-29,32,49H2,1-6H3,(H,50,53)(H,54,55);;/q-1;;. The molecule has 0 unspecified atom stereocenters. The smallest absolute Gasteiger partial charge is 0.309 e. The molecular formula is C48H55N4O3Y2-. The van der Waals surface area contributed by atoms with Crippen molar-refractivity contribution in [1.82, 2.24) is 5.32 Å². The van der Waals surface area contributed by atoms with Crippen LogP contribution in [0.4, 0.5) is 11.4 Å². The molecule has 0 atom stereocenters. The summed E-state index contributed by atoms with van der Waals surface area (Å²) in [5.74, 6) is -0.875. The number of anilines is 1. The van der Waals surface area contributed by atoms with Crippen LogP contribution in [0.1, 0.15) is 88.5 Å². The maximum absolute atomic E-state index is 12.6. The van der Waals surface area contributed by atoms with Crippen molar-refractivity contribution in [3.05, 3.63) is 131 Å². The minimum Gasteiger partial charge on any atom is -0.481 e. The molecule has 2 radical (unpaired) electrons. The number of carboxylic acid groups (broad SMARTS) is 1. The van der Waals surface area contributed by atoms with E-state index in [1.807, 2.05) is 18.2 Å². The van der Waals surface area contributed by atoms with Crippen molar-refractivity contribution in [3.63, 3.8) is 0 Å². The van der Waals surface area contributed by atoms with Crippen molar-refractivity contribution in [3.8, 4) is 0 Å². The third-order valence-corrected chi connectivity index (χ3v) is 12.0. The van der Waals surface area contributed by atoms with Crippen LogP contribution in [-0.4, -0.2) is 47.0 Å². The average molecular weight is 914 g/mol. The van der Waals surface area contributed by atoms with Gasteiger partial charge in [0.05, 0.1) is 12.1 Å². The summed E-state index contributed by atoms with van der Waals surface area (Å²) in [7, 11) is 0. The second kappa shape index (κ2) is 20.3. The number of nitrogens with two attached hydrogens (primary N) is 1. The van der Waals surface area contributed by atoms with E-state index in [0.29, 0.717) is 19.5 Å². The molecule has 2 aliphatic rings. The molecular weight excluding hydrogens is 858 g/mol. The second-order valence-corrected chi connectivity index (χ2v) is 14.8. The van der Waals surface area contributed by atoms with E-state index in [1.165, 1.54) is 33.3 Å². The van der Waals surface area contributed by atoms with Crippen LogP contribution in [0.2, 0.25) is 0 Å². The number of carbonyl (C=O) groups excluding carboxylic acids is 1. The average Bonchev–Trinajstić information content (AvgIpc) is 3.61. The molecule has 4 N–H and O–H groups in total. The van der Waals surface area contributed by atoms with Crippen molar-refractivity contribution in [2.75, 3.05) is 24.7 Å². The minimum atomic E-state index is -0.808. The van der Waals surface area contributed by atoms with E-state index in [-0.39, 0.29) is 95.2 Å². The van der Waals surface area contributed by atoms with Gasteiger partial charge in [-0.15, -0.1) is 69.1 Å². The molecule has 9 heteroatoms. The summed E-state index contributed by atoms with van der Waals surface area (Å²) in [6, 6.07) is 24.4. The number of fused-ring (bicyclic) bond motifs is 6. The van der Waals surface area contributed by atoms with Crippen molar-refractivity contribution >= 4 is 50.5 Å². The Kier molecular flexibility index (Phi) is 16.6. The maximum Gasteiger partial charge on any atom is 0.309 e. The summed E-state index contributed by atoms with van der Waals surface area (Å²) in [6.45, 7) is 14.2. The first-order valence-corrected chi connectivity index (χ1v) is 19.8. The molecule has 2 heterocycles. The molecule has 0 aromatic heterocycles. The number of carboxylic acids is 1. The van der Waals surface area contributed by atoms with Crippen molar-refractivity contribution in [2.24, 2.45) is 5.73 Å². The molecule has 0 saturated carbocycles. The van der Waals surface area contributed by atoms with E-state index >= 15 is 0 Å². The predicted molar refractivity (Wildman–Crippen MR) is 226 cm³/mol. The van der Waals surface area contributed by atoms with Crippen LogP contribution in [0.5, 0.6) is 0 Å². The topological polar surface area (TPSA) is 98.7 Å². The number of nitrogens with one attached hydrogen (secondary N) is 1. The zero-order chi connectivity index (χ0) is 39.3. The van der Waals surface area contributed by atoms with Crippen LogP contribution in [0.3, 0.4) is 0 Å². The molecule has 2 aliphatic heterocycles. The van der Waals surface area contributed by atoms with E-state index in [0.717, 1.165) is 58.9 Å². The molecule has 1 amide bonds. The molecule has 4 aromatic rings. The molecule has 0 aliphatic carbocycles. The molecule has 57 heavy (non-hydrogen) atoms. The van der Waals surface area contributed by atoms with Crippen molar-refractivity contribution in [2.45, 2.75) is 90.9 Å². The van der Waals surface area contributed by atoms with Gasteiger partial charge in [-0.1, -0.05) is 95.7 Å². The van der Waals surface area contributed by atoms with Gasteiger partial charge >= 0.3 is 5.97 Å². The van der Waals surface area contributed by atoms with Gasteiger partial charge in [-0.3, -0.25) is 9.59 Å². The first-order valence-electron chi connectivity index (χ1n) is 19.8. The van der Waals surface area contributed by atoms with E-state index in [9.17, 15) is 14.7 Å². The van der Waals surface area contributed by atoms with Gasteiger partial charge in [0, 0.05) is 101 Å². The number of aliphatic carboxylic acids is 1. The molecule has 4 aromatic carbocycles. The summed E-state index contributed by atoms with van der Waals surface area (Å²) in [4.78, 5) is 26.7. The quantitative estimate of drug-likeness (QED) is 0.0478. The largest absolute Gasteiger partial charge is 0.481 e. The maximum atomic E-state index is 12.6. The predicted octanol–water partition coefficient (Wildman–Crippen LogP) is 9.39. The Bertz CT molecular complexity index is 2280. The molecule has 292 valence electrons. The Hall–Kier alpha value is -3.06. The molecule has 0 saturated heterocycles. The van der Waals surface area contributed by atoms with Crippen LogP contribution in [0.25, 0.3) is 21.5 Å². The van der Waals surface area contributed by atoms with Crippen LogP contribution in [0, 0.1) is 26.0 Å². The Morgan fingerprint density at radius 2 is 1.39 bits per heavy atom. The summed E-state index contributed by atoms with van der Waals surface area (Å²) in [5, 5.41) is 17.0. The van der Waals surface area contributed by atoms with E-state index in [1.54, 1.807) is 0 Å². The molecule has 0 bridgehead atoms. The summed E-state index contributed by atoms with van der Waals surface area (Å²) in [5.41, 5.74) is 14.5. The van der Waals surface area contributed by atoms with Crippen molar-refractivity contribution in [1.29, 1.82) is 0 Å². The zero-order valence-corrected chi connectivity index (χ0v) is 40.1. The first kappa shape index (κ1) is 46.6. The number of hydrogen-bond donors (Lipinski definition) is 3. The van der Waals surface area contributed by atoms with Crippen LogP contribution < -0.4 is 16.0 Å². The number of benzene rings is 4. The van der Waals surface area contributed by atoms with Crippen molar-refractivity contribution < 1.29 is 84.7 Å². The monoisotopic (exact) mass is 913 g/mol. The number of rotatable bonds is 15. The number of nitrogens with zero attached hydrogens (tertiary/aromatic N) is 2. The molecule has 6 rings (SSSR count). The fourth-order valence-electron chi connectivity index (χ4n) is 9.19. The SMILES string of the molecule is CCC1(CC)C(/C=C/C=C/C=C/C=C2/N(CCC(=O)NCN)c3ccc4cc(C)c[c-]c4c3C2(CC)CC)=[N+](CCC(=O)O)c2ccc3cc(C)c[c-]c3c21.[Y].[Y]. The first-order chi connectivity index (χ1) is 26.6. The number of amides is 1. The minimum absolute atomic E-state index is 0. The van der Waals surface area contributed by atoms with Crippen LogP contribution in [0.15, 0.2) is 96.8 Å². The Morgan fingerprint density at radius 1 is 0.807 bits per heavy atom. The van der Waals surface area contributed by atoms with Gasteiger partial charge in [0.2, 0.25) is 5.91 Å². The van der Waals surface area contributed by atoms with Crippen LogP contribution in [-0.2, 0) is 85.8 Å². The number of allylic oxidation sites excluding steroid dienone is 8. The molecule has 0 spiro atoms. The number of aryl methyl sites for hydroxylation is 2. The molecule has 7 nitrogen and oxygen atoms in total. The number of hydrogen-bond acceptors (Lipinski definition) is 4. The second-order valence-electron chi connectivity index (χ2n) is 14.8. The Morgan fingerprint density at radius 3 is 1.98 bits per heavy atom. The zero-order valence-electron chi connectivity index (χ0n) is 34.4. The number of carbonyl (C=O) groups is 2. The van der Waals surface area contributed by atoms with Gasteiger partial charge < -0.3 is 21.1 Å². The van der Waals surface area contributed by atoms with E-state index in [4.69, 9.17) is 5.73 Å². The summed E-state index contributed by atoms with van der Waals surface area (Å²) in [6.07, 6.45) is 18.6. The van der Waals surface area contributed by atoms with Gasteiger partial charge in [0.15, 0.2) is 17.9 Å². The third-order valence-electron chi connectivity index (χ3n) is 12.0. The summed E-state index contributed by atoms with van der Waals surface area (Å²) < 4.78 is 2.21. The summed E-state index contributed by atoms with van der Waals surface area (Å²) >= 11 is 0. The third kappa shape index (κ3) is 8.94. The molecule has 0 fully saturated rings. The Balaban J connectivity index is 0.00000360.